The molecule has 1 aliphatic heterocycles. The van der Waals surface area contributed by atoms with Crippen LogP contribution in [0.15, 0.2) is 46.9 Å². The number of fused-ring (bicyclic) bond motifs is 1. The van der Waals surface area contributed by atoms with Crippen LogP contribution in [0.25, 0.3) is 0 Å². The lowest BCUT2D eigenvalue weighted by molar-refractivity contribution is -0.0230. The normalized spacial score (nSPS) is 20.5. The maximum Gasteiger partial charge on any atom is 0.133 e. The van der Waals surface area contributed by atoms with Gasteiger partial charge in [-0.3, -0.25) is 0 Å². The molecule has 3 nitrogen and oxygen atoms in total. The first-order chi connectivity index (χ1) is 9.70. The van der Waals surface area contributed by atoms with Crippen molar-refractivity contribution in [3.63, 3.8) is 0 Å². The molecule has 2 aromatic carbocycles. The van der Waals surface area contributed by atoms with Gasteiger partial charge in [0.15, 0.2) is 0 Å². The predicted octanol–water partition coefficient (Wildman–Crippen LogP) is 3.89. The van der Waals surface area contributed by atoms with Gasteiger partial charge in [0.2, 0.25) is 0 Å². The second kappa shape index (κ2) is 6.79. The van der Waals surface area contributed by atoms with Crippen LogP contribution in [0.4, 0.5) is 0 Å². The zero-order valence-electron chi connectivity index (χ0n) is 11.3. The lowest BCUT2D eigenvalue weighted by Crippen LogP contribution is -2.25. The minimum atomic E-state index is -0.178. The maximum absolute atomic E-state index is 10.3. The second-order valence-corrected chi connectivity index (χ2v) is 5.78. The van der Waals surface area contributed by atoms with E-state index in [1.807, 2.05) is 42.5 Å². The van der Waals surface area contributed by atoms with E-state index in [0.717, 1.165) is 16.7 Å². The van der Waals surface area contributed by atoms with Crippen LogP contribution >= 0.6 is 28.3 Å². The standard InChI is InChI=1S/C16H16BrNO2.ClH/c17-13-7-6-11-12(16(13)19)8-14(20-15(11)9-18)10-4-2-1-3-5-10;/h1-7,14-15,19H,8-9,18H2;1H/t14-,15-;/m0./s1. The number of halogens is 2. The fourth-order valence-corrected chi connectivity index (χ4v) is 3.06. The van der Waals surface area contributed by atoms with Gasteiger partial charge in [-0.15, -0.1) is 12.4 Å². The molecular weight excluding hydrogens is 354 g/mol. The van der Waals surface area contributed by atoms with Crippen LogP contribution in [0.2, 0.25) is 0 Å². The monoisotopic (exact) mass is 369 g/mol. The van der Waals surface area contributed by atoms with Gasteiger partial charge in [-0.25, -0.2) is 0 Å². The molecule has 2 atom stereocenters. The molecule has 0 saturated heterocycles. The molecule has 0 aliphatic carbocycles. The molecule has 1 aliphatic rings. The highest BCUT2D eigenvalue weighted by atomic mass is 79.9. The molecule has 0 saturated carbocycles. The Balaban J connectivity index is 0.00000161. The molecule has 0 spiro atoms. The first-order valence-corrected chi connectivity index (χ1v) is 7.40. The average molecular weight is 371 g/mol. The molecule has 0 aromatic heterocycles. The van der Waals surface area contributed by atoms with Crippen LogP contribution < -0.4 is 5.73 Å². The minimum absolute atomic E-state index is 0. The number of ether oxygens (including phenoxy) is 1. The van der Waals surface area contributed by atoms with Gasteiger partial charge < -0.3 is 15.6 Å². The highest BCUT2D eigenvalue weighted by molar-refractivity contribution is 9.10. The smallest absolute Gasteiger partial charge is 0.133 e. The summed E-state index contributed by atoms with van der Waals surface area (Å²) < 4.78 is 6.80. The summed E-state index contributed by atoms with van der Waals surface area (Å²) in [5.74, 6) is 0.296. The molecule has 0 fully saturated rings. The van der Waals surface area contributed by atoms with E-state index in [1.165, 1.54) is 0 Å². The van der Waals surface area contributed by atoms with Crippen molar-refractivity contribution in [3.05, 3.63) is 63.6 Å². The maximum atomic E-state index is 10.3. The van der Waals surface area contributed by atoms with Crippen LogP contribution in [0.5, 0.6) is 5.75 Å². The first-order valence-electron chi connectivity index (χ1n) is 6.61. The Labute approximate surface area is 138 Å². The van der Waals surface area contributed by atoms with E-state index in [2.05, 4.69) is 15.9 Å². The van der Waals surface area contributed by atoms with Gasteiger partial charge in [-0.2, -0.15) is 0 Å². The number of hydrogen-bond donors (Lipinski definition) is 2. The predicted molar refractivity (Wildman–Crippen MR) is 88.8 cm³/mol. The largest absolute Gasteiger partial charge is 0.506 e. The van der Waals surface area contributed by atoms with Crippen molar-refractivity contribution in [1.29, 1.82) is 0 Å². The summed E-state index contributed by atoms with van der Waals surface area (Å²) in [4.78, 5) is 0. The van der Waals surface area contributed by atoms with Crippen molar-refractivity contribution in [3.8, 4) is 5.75 Å². The summed E-state index contributed by atoms with van der Waals surface area (Å²) >= 11 is 3.37. The van der Waals surface area contributed by atoms with Crippen LogP contribution in [-0.2, 0) is 11.2 Å². The molecule has 0 amide bonds. The van der Waals surface area contributed by atoms with Crippen molar-refractivity contribution >= 4 is 28.3 Å². The molecule has 3 rings (SSSR count). The fraction of sp³-hybridized carbons (Fsp3) is 0.250. The summed E-state index contributed by atoms with van der Waals surface area (Å²) in [6.45, 7) is 0.400. The Morgan fingerprint density at radius 1 is 1.19 bits per heavy atom. The lowest BCUT2D eigenvalue weighted by Gasteiger charge is -2.32. The van der Waals surface area contributed by atoms with Gasteiger partial charge in [0.05, 0.1) is 16.7 Å². The first kappa shape index (κ1) is 16.3. The number of aromatic hydroxyl groups is 1. The van der Waals surface area contributed by atoms with Crippen LogP contribution in [-0.4, -0.2) is 11.7 Å². The third kappa shape index (κ3) is 3.09. The highest BCUT2D eigenvalue weighted by Gasteiger charge is 2.30. The van der Waals surface area contributed by atoms with Gasteiger partial charge in [-0.1, -0.05) is 36.4 Å². The van der Waals surface area contributed by atoms with Crippen molar-refractivity contribution in [2.45, 2.75) is 18.6 Å². The zero-order chi connectivity index (χ0) is 14.1. The third-order valence-corrected chi connectivity index (χ3v) is 4.36. The Kier molecular flexibility index (Phi) is 5.27. The van der Waals surface area contributed by atoms with Crippen LogP contribution in [0.3, 0.4) is 0 Å². The summed E-state index contributed by atoms with van der Waals surface area (Å²) in [5, 5.41) is 10.3. The van der Waals surface area contributed by atoms with Crippen LogP contribution in [0.1, 0.15) is 28.9 Å². The minimum Gasteiger partial charge on any atom is -0.506 e. The molecular formula is C16H17BrClNO2. The molecule has 3 N–H and O–H groups in total. The number of hydrogen-bond acceptors (Lipinski definition) is 3. The molecule has 0 unspecified atom stereocenters. The van der Waals surface area contributed by atoms with Crippen molar-refractivity contribution in [2.24, 2.45) is 5.73 Å². The summed E-state index contributed by atoms with van der Waals surface area (Å²) in [6.07, 6.45) is 0.404. The molecule has 1 heterocycles. The summed E-state index contributed by atoms with van der Waals surface area (Å²) in [5.41, 5.74) is 8.85. The van der Waals surface area contributed by atoms with Crippen molar-refractivity contribution in [2.75, 3.05) is 6.54 Å². The van der Waals surface area contributed by atoms with E-state index in [4.69, 9.17) is 10.5 Å². The Bertz CT molecular complexity index is 621. The third-order valence-electron chi connectivity index (χ3n) is 3.72. The fourth-order valence-electron chi connectivity index (χ4n) is 2.69. The average Bonchev–Trinajstić information content (AvgIpc) is 2.51. The van der Waals surface area contributed by atoms with E-state index >= 15 is 0 Å². The second-order valence-electron chi connectivity index (χ2n) is 4.93. The van der Waals surface area contributed by atoms with Crippen molar-refractivity contribution < 1.29 is 9.84 Å². The molecule has 112 valence electrons. The zero-order valence-corrected chi connectivity index (χ0v) is 13.7. The van der Waals surface area contributed by atoms with E-state index in [0.29, 0.717) is 23.2 Å². The van der Waals surface area contributed by atoms with E-state index in [9.17, 15) is 5.11 Å². The molecule has 21 heavy (non-hydrogen) atoms. The number of nitrogens with two attached hydrogens (primary N) is 1. The quantitative estimate of drug-likeness (QED) is 0.843. The number of phenols is 1. The highest BCUT2D eigenvalue weighted by Crippen LogP contribution is 2.43. The van der Waals surface area contributed by atoms with Gasteiger partial charge in [0.25, 0.3) is 0 Å². The van der Waals surface area contributed by atoms with E-state index < -0.39 is 0 Å². The number of rotatable bonds is 2. The lowest BCUT2D eigenvalue weighted by atomic mass is 9.90. The SMILES string of the molecule is Cl.NC[C@@H]1O[C@H](c2ccccc2)Cc2c1ccc(Br)c2O. The van der Waals surface area contributed by atoms with E-state index in [-0.39, 0.29) is 24.6 Å². The number of benzene rings is 2. The Morgan fingerprint density at radius 2 is 1.90 bits per heavy atom. The Morgan fingerprint density at radius 3 is 2.57 bits per heavy atom. The van der Waals surface area contributed by atoms with E-state index in [1.54, 1.807) is 0 Å². The van der Waals surface area contributed by atoms with Crippen LogP contribution in [0, 0.1) is 0 Å². The molecule has 0 bridgehead atoms. The topological polar surface area (TPSA) is 55.5 Å². The number of phenolic OH excluding ortho intramolecular Hbond substituents is 1. The summed E-state index contributed by atoms with van der Waals surface area (Å²) in [6, 6.07) is 13.9. The molecule has 5 heteroatoms. The molecule has 2 aromatic rings. The van der Waals surface area contributed by atoms with Gasteiger partial charge in [0, 0.05) is 18.5 Å². The summed E-state index contributed by atoms with van der Waals surface area (Å²) in [7, 11) is 0. The van der Waals surface area contributed by atoms with Gasteiger partial charge in [-0.05, 0) is 33.1 Å². The van der Waals surface area contributed by atoms with Gasteiger partial charge >= 0.3 is 0 Å². The van der Waals surface area contributed by atoms with Crippen molar-refractivity contribution in [1.82, 2.24) is 0 Å². The Hall–Kier alpha value is -1.07. The molecule has 0 radical (unpaired) electrons. The van der Waals surface area contributed by atoms with Gasteiger partial charge in [0.1, 0.15) is 5.75 Å².